The molecule has 2 rings (SSSR count). The fraction of sp³-hybridized carbons (Fsp3) is 0.500. The summed E-state index contributed by atoms with van der Waals surface area (Å²) in [6.07, 6.45) is 3.41. The molecule has 0 fully saturated rings. The highest BCUT2D eigenvalue weighted by Crippen LogP contribution is 2.16. The first-order valence-electron chi connectivity index (χ1n) is 5.41. The molecule has 0 amide bonds. The molecule has 0 unspecified atom stereocenters. The number of nitrogen functional groups attached to an aromatic ring is 1. The summed E-state index contributed by atoms with van der Waals surface area (Å²) in [4.78, 5) is 4.24. The summed E-state index contributed by atoms with van der Waals surface area (Å²) in [5.74, 6) is 1.90. The van der Waals surface area contributed by atoms with Crippen molar-refractivity contribution in [2.45, 2.75) is 26.9 Å². The number of halogens is 1. The molecule has 0 radical (unpaired) electrons. The lowest BCUT2D eigenvalue weighted by atomic mass is 10.2. The van der Waals surface area contributed by atoms with Crippen LogP contribution in [0.25, 0.3) is 0 Å². The Morgan fingerprint density at radius 1 is 1.47 bits per heavy atom. The molecule has 0 aliphatic carbocycles. The van der Waals surface area contributed by atoms with E-state index in [1.54, 1.807) is 11.0 Å². The number of nitrogens with zero attached hydrogens (tertiary/aromatic N) is 5. The Kier molecular flexibility index (Phi) is 3.46. The summed E-state index contributed by atoms with van der Waals surface area (Å²) in [6.45, 7) is 5.72. The van der Waals surface area contributed by atoms with Crippen molar-refractivity contribution in [1.29, 1.82) is 0 Å². The number of hydrogen-bond donors (Lipinski definition) is 1. The van der Waals surface area contributed by atoms with E-state index in [-0.39, 0.29) is 0 Å². The second kappa shape index (κ2) is 4.87. The maximum atomic E-state index is 5.67. The maximum Gasteiger partial charge on any atom is 0.159 e. The van der Waals surface area contributed by atoms with Crippen LogP contribution >= 0.6 is 15.9 Å². The topological polar surface area (TPSA) is 74.5 Å². The Bertz CT molecular complexity index is 481. The zero-order valence-corrected chi connectivity index (χ0v) is 11.4. The number of nitrogens with two attached hydrogens (primary N) is 1. The number of aromatic nitrogens is 5. The van der Waals surface area contributed by atoms with E-state index in [9.17, 15) is 0 Å². The van der Waals surface area contributed by atoms with Crippen molar-refractivity contribution in [3.63, 3.8) is 0 Å². The zero-order valence-electron chi connectivity index (χ0n) is 9.84. The zero-order chi connectivity index (χ0) is 12.4. The van der Waals surface area contributed by atoms with Crippen LogP contribution in [0.3, 0.4) is 0 Å². The average molecular weight is 299 g/mol. The third-order valence-electron chi connectivity index (χ3n) is 2.28. The average Bonchev–Trinajstić information content (AvgIpc) is 2.76. The van der Waals surface area contributed by atoms with Gasteiger partial charge in [-0.1, -0.05) is 13.8 Å². The molecular formula is C10H15BrN6. The molecule has 2 aromatic rings. The molecule has 0 atom stereocenters. The van der Waals surface area contributed by atoms with Crippen molar-refractivity contribution >= 4 is 21.7 Å². The molecule has 0 aromatic carbocycles. The van der Waals surface area contributed by atoms with Crippen molar-refractivity contribution in [3.8, 4) is 0 Å². The van der Waals surface area contributed by atoms with Gasteiger partial charge in [-0.3, -0.25) is 4.68 Å². The summed E-state index contributed by atoms with van der Waals surface area (Å²) < 4.78 is 4.45. The van der Waals surface area contributed by atoms with E-state index in [0.717, 1.165) is 16.8 Å². The van der Waals surface area contributed by atoms with E-state index in [1.165, 1.54) is 0 Å². The summed E-state index contributed by atoms with van der Waals surface area (Å²) in [7, 11) is 0. The lowest BCUT2D eigenvalue weighted by Crippen LogP contribution is -2.13. The van der Waals surface area contributed by atoms with E-state index < -0.39 is 0 Å². The molecule has 92 valence electrons. The van der Waals surface area contributed by atoms with Gasteiger partial charge in [-0.2, -0.15) is 10.2 Å². The summed E-state index contributed by atoms with van der Waals surface area (Å²) in [6, 6.07) is 0. The molecule has 6 nitrogen and oxygen atoms in total. The van der Waals surface area contributed by atoms with Crippen LogP contribution in [0.1, 0.15) is 19.7 Å². The van der Waals surface area contributed by atoms with Crippen LogP contribution in [-0.2, 0) is 13.1 Å². The molecule has 2 N–H and O–H groups in total. The first-order valence-corrected chi connectivity index (χ1v) is 6.20. The molecule has 2 heterocycles. The van der Waals surface area contributed by atoms with E-state index in [0.29, 0.717) is 18.3 Å². The van der Waals surface area contributed by atoms with Gasteiger partial charge in [-0.15, -0.1) is 0 Å². The Labute approximate surface area is 108 Å². The van der Waals surface area contributed by atoms with E-state index in [2.05, 4.69) is 45.0 Å². The third-order valence-corrected chi connectivity index (χ3v) is 2.89. The quantitative estimate of drug-likeness (QED) is 0.929. The Morgan fingerprint density at radius 3 is 2.82 bits per heavy atom. The molecular weight excluding hydrogens is 284 g/mol. The minimum Gasteiger partial charge on any atom is -0.381 e. The second-order valence-corrected chi connectivity index (χ2v) is 5.17. The van der Waals surface area contributed by atoms with Gasteiger partial charge in [-0.05, 0) is 21.8 Å². The highest BCUT2D eigenvalue weighted by atomic mass is 79.9. The number of rotatable bonds is 4. The van der Waals surface area contributed by atoms with E-state index in [1.807, 2.05) is 10.9 Å². The fourth-order valence-corrected chi connectivity index (χ4v) is 1.86. The van der Waals surface area contributed by atoms with Crippen LogP contribution < -0.4 is 5.73 Å². The van der Waals surface area contributed by atoms with Gasteiger partial charge in [0.1, 0.15) is 18.7 Å². The summed E-state index contributed by atoms with van der Waals surface area (Å²) in [5.41, 5.74) is 5.67. The molecule has 0 bridgehead atoms. The van der Waals surface area contributed by atoms with Crippen LogP contribution in [0.4, 0.5) is 5.82 Å². The van der Waals surface area contributed by atoms with Crippen molar-refractivity contribution in [2.75, 3.05) is 5.73 Å². The van der Waals surface area contributed by atoms with Gasteiger partial charge < -0.3 is 5.73 Å². The highest BCUT2D eigenvalue weighted by Gasteiger charge is 2.09. The third kappa shape index (κ3) is 2.85. The number of anilines is 1. The van der Waals surface area contributed by atoms with Gasteiger partial charge >= 0.3 is 0 Å². The largest absolute Gasteiger partial charge is 0.381 e. The van der Waals surface area contributed by atoms with Gasteiger partial charge in [0, 0.05) is 12.7 Å². The van der Waals surface area contributed by atoms with Crippen LogP contribution in [0, 0.1) is 5.92 Å². The SMILES string of the molecule is CC(C)Cn1ncnc1Cn1cc(Br)c(N)n1. The normalized spacial score (nSPS) is 11.3. The Morgan fingerprint density at radius 2 is 2.24 bits per heavy atom. The maximum absolute atomic E-state index is 5.67. The lowest BCUT2D eigenvalue weighted by Gasteiger charge is -2.08. The number of hydrogen-bond acceptors (Lipinski definition) is 4. The highest BCUT2D eigenvalue weighted by molar-refractivity contribution is 9.10. The molecule has 17 heavy (non-hydrogen) atoms. The monoisotopic (exact) mass is 298 g/mol. The molecule has 0 spiro atoms. The van der Waals surface area contributed by atoms with E-state index >= 15 is 0 Å². The van der Waals surface area contributed by atoms with Crippen LogP contribution in [0.2, 0.25) is 0 Å². The summed E-state index contributed by atoms with van der Waals surface area (Å²) >= 11 is 3.33. The molecule has 7 heteroatoms. The lowest BCUT2D eigenvalue weighted by molar-refractivity contribution is 0.456. The van der Waals surface area contributed by atoms with Crippen LogP contribution in [0.5, 0.6) is 0 Å². The van der Waals surface area contributed by atoms with Crippen molar-refractivity contribution in [2.24, 2.45) is 5.92 Å². The predicted octanol–water partition coefficient (Wildman–Crippen LogP) is 1.52. The fourth-order valence-electron chi connectivity index (χ4n) is 1.55. The predicted molar refractivity (Wildman–Crippen MR) is 68.3 cm³/mol. The van der Waals surface area contributed by atoms with Crippen molar-refractivity contribution < 1.29 is 0 Å². The van der Waals surface area contributed by atoms with Crippen LogP contribution in [0.15, 0.2) is 17.0 Å². The Hall–Kier alpha value is -1.37. The first-order chi connectivity index (χ1) is 8.06. The standard InChI is InChI=1S/C10H15BrN6/c1-7(2)3-17-9(13-6-14-17)5-16-4-8(11)10(12)15-16/h4,6-7H,3,5H2,1-2H3,(H2,12,15). The Balaban J connectivity index is 2.15. The van der Waals surface area contributed by atoms with Gasteiger partial charge in [0.05, 0.1) is 4.47 Å². The smallest absolute Gasteiger partial charge is 0.159 e. The first kappa shape index (κ1) is 12.1. The van der Waals surface area contributed by atoms with Crippen LogP contribution in [-0.4, -0.2) is 24.5 Å². The minimum atomic E-state index is 0.486. The minimum absolute atomic E-state index is 0.486. The molecule has 2 aromatic heterocycles. The van der Waals surface area contributed by atoms with Crippen molar-refractivity contribution in [3.05, 3.63) is 22.8 Å². The second-order valence-electron chi connectivity index (χ2n) is 4.31. The van der Waals surface area contributed by atoms with Gasteiger partial charge in [0.2, 0.25) is 0 Å². The van der Waals surface area contributed by atoms with Crippen molar-refractivity contribution in [1.82, 2.24) is 24.5 Å². The van der Waals surface area contributed by atoms with E-state index in [4.69, 9.17) is 5.73 Å². The molecule has 0 aliphatic heterocycles. The van der Waals surface area contributed by atoms with Gasteiger partial charge in [0.25, 0.3) is 0 Å². The molecule has 0 saturated heterocycles. The summed E-state index contributed by atoms with van der Waals surface area (Å²) in [5, 5.41) is 8.38. The van der Waals surface area contributed by atoms with Gasteiger partial charge in [-0.25, -0.2) is 9.67 Å². The molecule has 0 aliphatic rings. The molecule has 0 saturated carbocycles. The van der Waals surface area contributed by atoms with Gasteiger partial charge in [0.15, 0.2) is 5.82 Å².